The van der Waals surface area contributed by atoms with Crippen molar-refractivity contribution in [3.8, 4) is 0 Å². The van der Waals surface area contributed by atoms with Gasteiger partial charge in [0.05, 0.1) is 0 Å². The van der Waals surface area contributed by atoms with Crippen LogP contribution in [0.3, 0.4) is 0 Å². The minimum absolute atomic E-state index is 0.374. The van der Waals surface area contributed by atoms with Crippen LogP contribution in [0.15, 0.2) is 0 Å². The summed E-state index contributed by atoms with van der Waals surface area (Å²) in [6.07, 6.45) is 3.50. The number of hydrogen-bond acceptors (Lipinski definition) is 4. The van der Waals surface area contributed by atoms with Gasteiger partial charge in [-0.3, -0.25) is 0 Å². The van der Waals surface area contributed by atoms with E-state index in [0.29, 0.717) is 5.92 Å². The van der Waals surface area contributed by atoms with E-state index in [1.807, 2.05) is 0 Å². The maximum absolute atomic E-state index is 4.75. The zero-order valence-corrected chi connectivity index (χ0v) is 13.3. The molecule has 0 radical (unpaired) electrons. The van der Waals surface area contributed by atoms with Crippen molar-refractivity contribution in [2.75, 3.05) is 25.0 Å². The first-order valence-electron chi connectivity index (χ1n) is 7.93. The van der Waals surface area contributed by atoms with Gasteiger partial charge in [0.25, 0.3) is 0 Å². The molecule has 4 heteroatoms. The Kier molecular flexibility index (Phi) is 5.35. The highest BCUT2D eigenvalue weighted by Gasteiger charge is 2.16. The third-order valence-corrected chi connectivity index (χ3v) is 4.12. The molecular weight excluding hydrogens is 248 g/mol. The van der Waals surface area contributed by atoms with Crippen LogP contribution >= 0.6 is 0 Å². The highest BCUT2D eigenvalue weighted by Crippen LogP contribution is 2.21. The van der Waals surface area contributed by atoms with E-state index in [1.54, 1.807) is 0 Å². The smallest absolute Gasteiger partial charge is 0.133 e. The Hall–Kier alpha value is -1.16. The van der Waals surface area contributed by atoms with Crippen LogP contribution in [0.4, 0.5) is 5.82 Å². The van der Waals surface area contributed by atoms with Gasteiger partial charge in [-0.15, -0.1) is 0 Å². The Labute approximate surface area is 122 Å². The van der Waals surface area contributed by atoms with Crippen molar-refractivity contribution >= 4 is 5.82 Å². The number of aryl methyl sites for hydroxylation is 1. The molecule has 2 heterocycles. The van der Waals surface area contributed by atoms with Crippen molar-refractivity contribution in [1.29, 1.82) is 0 Å². The van der Waals surface area contributed by atoms with Gasteiger partial charge in [-0.2, -0.15) is 0 Å². The molecule has 1 fully saturated rings. The van der Waals surface area contributed by atoms with Crippen LogP contribution in [0.2, 0.25) is 0 Å². The van der Waals surface area contributed by atoms with Gasteiger partial charge in [-0.05, 0) is 45.2 Å². The molecule has 0 unspecified atom stereocenters. The molecule has 112 valence electrons. The molecule has 1 aliphatic heterocycles. The first kappa shape index (κ1) is 15.2. The lowest BCUT2D eigenvalue weighted by atomic mass is 9.98. The van der Waals surface area contributed by atoms with E-state index in [0.717, 1.165) is 49.3 Å². The molecule has 0 saturated carbocycles. The number of piperidine rings is 1. The second kappa shape index (κ2) is 7.02. The van der Waals surface area contributed by atoms with Crippen molar-refractivity contribution in [2.24, 2.45) is 5.92 Å². The molecule has 0 amide bonds. The molecule has 20 heavy (non-hydrogen) atoms. The first-order valence-corrected chi connectivity index (χ1v) is 7.93. The summed E-state index contributed by atoms with van der Waals surface area (Å²) in [6.45, 7) is 11.9. The van der Waals surface area contributed by atoms with Gasteiger partial charge in [0.15, 0.2) is 0 Å². The van der Waals surface area contributed by atoms with Crippen LogP contribution in [-0.2, 0) is 6.42 Å². The minimum Gasteiger partial charge on any atom is -0.369 e. The van der Waals surface area contributed by atoms with Crippen LogP contribution in [0, 0.1) is 12.8 Å². The Balaban J connectivity index is 2.11. The zero-order valence-electron chi connectivity index (χ0n) is 13.3. The first-order chi connectivity index (χ1) is 9.61. The van der Waals surface area contributed by atoms with Crippen LogP contribution in [-0.4, -0.2) is 29.6 Å². The monoisotopic (exact) mass is 276 g/mol. The maximum atomic E-state index is 4.75. The third kappa shape index (κ3) is 3.69. The molecule has 0 bridgehead atoms. The Morgan fingerprint density at radius 2 is 1.95 bits per heavy atom. The van der Waals surface area contributed by atoms with E-state index in [9.17, 15) is 0 Å². The standard InChI is InChI=1S/C16H28N4/c1-5-14-12(4)19-15(11(2)3)20-16(14)18-10-13-6-8-17-9-7-13/h11,13,17H,5-10H2,1-4H3,(H,18,19,20). The normalized spacial score (nSPS) is 16.6. The summed E-state index contributed by atoms with van der Waals surface area (Å²) in [5, 5.41) is 7.01. The predicted octanol–water partition coefficient (Wildman–Crippen LogP) is 2.88. The molecule has 1 aromatic rings. The predicted molar refractivity (Wildman–Crippen MR) is 84.3 cm³/mol. The van der Waals surface area contributed by atoms with Crippen LogP contribution in [0.25, 0.3) is 0 Å². The summed E-state index contributed by atoms with van der Waals surface area (Å²) in [5.41, 5.74) is 2.39. The summed E-state index contributed by atoms with van der Waals surface area (Å²) in [4.78, 5) is 9.39. The number of rotatable bonds is 5. The van der Waals surface area contributed by atoms with E-state index >= 15 is 0 Å². The lowest BCUT2D eigenvalue weighted by Crippen LogP contribution is -2.31. The summed E-state index contributed by atoms with van der Waals surface area (Å²) >= 11 is 0. The summed E-state index contributed by atoms with van der Waals surface area (Å²) in [5.74, 6) is 3.15. The quantitative estimate of drug-likeness (QED) is 0.868. The molecule has 0 atom stereocenters. The zero-order chi connectivity index (χ0) is 14.5. The number of nitrogens with one attached hydrogen (secondary N) is 2. The van der Waals surface area contributed by atoms with E-state index in [4.69, 9.17) is 4.98 Å². The van der Waals surface area contributed by atoms with Crippen molar-refractivity contribution in [1.82, 2.24) is 15.3 Å². The lowest BCUT2D eigenvalue weighted by Gasteiger charge is -2.24. The minimum atomic E-state index is 0.374. The van der Waals surface area contributed by atoms with Crippen molar-refractivity contribution in [2.45, 2.75) is 52.9 Å². The molecule has 1 aliphatic rings. The topological polar surface area (TPSA) is 49.8 Å². The molecule has 4 nitrogen and oxygen atoms in total. The van der Waals surface area contributed by atoms with Crippen molar-refractivity contribution in [3.63, 3.8) is 0 Å². The fourth-order valence-corrected chi connectivity index (χ4v) is 2.77. The Morgan fingerprint density at radius 3 is 2.55 bits per heavy atom. The van der Waals surface area contributed by atoms with Gasteiger partial charge in [-0.1, -0.05) is 20.8 Å². The molecule has 0 spiro atoms. The molecular formula is C16H28N4. The van der Waals surface area contributed by atoms with E-state index in [2.05, 4.69) is 43.3 Å². The van der Waals surface area contributed by atoms with Gasteiger partial charge in [0.1, 0.15) is 11.6 Å². The average Bonchev–Trinajstić information content (AvgIpc) is 2.45. The molecule has 0 aliphatic carbocycles. The molecule has 2 N–H and O–H groups in total. The van der Waals surface area contributed by atoms with Crippen LogP contribution in [0.1, 0.15) is 56.6 Å². The van der Waals surface area contributed by atoms with Gasteiger partial charge < -0.3 is 10.6 Å². The van der Waals surface area contributed by atoms with Crippen LogP contribution in [0.5, 0.6) is 0 Å². The molecule has 2 rings (SSSR count). The van der Waals surface area contributed by atoms with Crippen LogP contribution < -0.4 is 10.6 Å². The fraction of sp³-hybridized carbons (Fsp3) is 0.750. The van der Waals surface area contributed by atoms with Gasteiger partial charge in [0.2, 0.25) is 0 Å². The average molecular weight is 276 g/mol. The fourth-order valence-electron chi connectivity index (χ4n) is 2.77. The van der Waals surface area contributed by atoms with Crippen molar-refractivity contribution in [3.05, 3.63) is 17.1 Å². The summed E-state index contributed by atoms with van der Waals surface area (Å²) in [7, 11) is 0. The second-order valence-electron chi connectivity index (χ2n) is 6.08. The van der Waals surface area contributed by atoms with Crippen molar-refractivity contribution < 1.29 is 0 Å². The van der Waals surface area contributed by atoms with Gasteiger partial charge in [-0.25, -0.2) is 9.97 Å². The van der Waals surface area contributed by atoms with Gasteiger partial charge in [0, 0.05) is 23.7 Å². The number of anilines is 1. The summed E-state index contributed by atoms with van der Waals surface area (Å²) < 4.78 is 0. The van der Waals surface area contributed by atoms with E-state index in [1.165, 1.54) is 18.4 Å². The largest absolute Gasteiger partial charge is 0.369 e. The number of nitrogens with zero attached hydrogens (tertiary/aromatic N) is 2. The maximum Gasteiger partial charge on any atom is 0.133 e. The van der Waals surface area contributed by atoms with E-state index < -0.39 is 0 Å². The Bertz CT molecular complexity index is 436. The lowest BCUT2D eigenvalue weighted by molar-refractivity contribution is 0.389. The summed E-state index contributed by atoms with van der Waals surface area (Å²) in [6, 6.07) is 0. The highest BCUT2D eigenvalue weighted by molar-refractivity contribution is 5.46. The van der Waals surface area contributed by atoms with Gasteiger partial charge >= 0.3 is 0 Å². The Morgan fingerprint density at radius 1 is 1.25 bits per heavy atom. The highest BCUT2D eigenvalue weighted by atomic mass is 15.0. The number of hydrogen-bond donors (Lipinski definition) is 2. The molecule has 1 aromatic heterocycles. The SMILES string of the molecule is CCc1c(C)nc(C(C)C)nc1NCC1CCNCC1. The molecule has 0 aromatic carbocycles. The number of aromatic nitrogens is 2. The molecule has 1 saturated heterocycles. The van der Waals surface area contributed by atoms with E-state index in [-0.39, 0.29) is 0 Å². The second-order valence-corrected chi connectivity index (χ2v) is 6.08. The third-order valence-electron chi connectivity index (χ3n) is 4.12.